The zero-order valence-electron chi connectivity index (χ0n) is 9.99. The Morgan fingerprint density at radius 3 is 2.50 bits per heavy atom. The molecule has 0 aliphatic carbocycles. The van der Waals surface area contributed by atoms with E-state index in [9.17, 15) is 22.0 Å². The molecule has 20 heavy (non-hydrogen) atoms. The number of carbonyl (C=O) groups is 1. The van der Waals surface area contributed by atoms with Crippen LogP contribution < -0.4 is 10.1 Å². The number of rotatable bonds is 5. The first-order valence-corrected chi connectivity index (χ1v) is 7.74. The van der Waals surface area contributed by atoms with Crippen molar-refractivity contribution in [2.75, 3.05) is 13.7 Å². The Bertz CT molecular complexity index is 622. The normalized spacial score (nSPS) is 11.5. The first kappa shape index (κ1) is 16.9. The summed E-state index contributed by atoms with van der Waals surface area (Å²) in [5, 5.41) is 1.81. The lowest BCUT2D eigenvalue weighted by Gasteiger charge is -2.12. The van der Waals surface area contributed by atoms with Gasteiger partial charge in [-0.1, -0.05) is 11.6 Å². The maximum Gasteiger partial charge on any atom is 0.265 e. The minimum absolute atomic E-state index is 0.104. The van der Waals surface area contributed by atoms with Gasteiger partial charge in [-0.25, -0.2) is 17.2 Å². The fourth-order valence-electron chi connectivity index (χ4n) is 1.39. The van der Waals surface area contributed by atoms with Gasteiger partial charge in [0.2, 0.25) is 0 Å². The molecule has 0 radical (unpaired) electrons. The SMILES string of the molecule is COc1c(C(=O)NCC(F)F)cc(Cl)cc1S(=O)(=O)Cl. The van der Waals surface area contributed by atoms with Crippen LogP contribution in [-0.2, 0) is 9.05 Å². The van der Waals surface area contributed by atoms with Crippen molar-refractivity contribution in [2.45, 2.75) is 11.3 Å². The fourth-order valence-corrected chi connectivity index (χ4v) is 2.70. The molecule has 0 atom stereocenters. The minimum atomic E-state index is -4.22. The molecule has 0 fully saturated rings. The highest BCUT2D eigenvalue weighted by Crippen LogP contribution is 2.33. The van der Waals surface area contributed by atoms with Gasteiger partial charge in [-0.15, -0.1) is 0 Å². The van der Waals surface area contributed by atoms with Gasteiger partial charge in [0.1, 0.15) is 4.90 Å². The van der Waals surface area contributed by atoms with Crippen molar-refractivity contribution in [3.05, 3.63) is 22.7 Å². The zero-order valence-corrected chi connectivity index (χ0v) is 12.3. The van der Waals surface area contributed by atoms with Crippen molar-refractivity contribution in [2.24, 2.45) is 0 Å². The number of benzene rings is 1. The van der Waals surface area contributed by atoms with Gasteiger partial charge >= 0.3 is 0 Å². The molecule has 1 N–H and O–H groups in total. The van der Waals surface area contributed by atoms with Gasteiger partial charge in [0.15, 0.2) is 5.75 Å². The lowest BCUT2D eigenvalue weighted by atomic mass is 10.2. The van der Waals surface area contributed by atoms with Crippen LogP contribution in [0.4, 0.5) is 8.78 Å². The number of hydrogen-bond acceptors (Lipinski definition) is 4. The van der Waals surface area contributed by atoms with Gasteiger partial charge in [0.05, 0.1) is 19.2 Å². The summed E-state index contributed by atoms with van der Waals surface area (Å²) in [6.07, 6.45) is -2.75. The third-order valence-electron chi connectivity index (χ3n) is 2.15. The summed E-state index contributed by atoms with van der Waals surface area (Å²) in [5.41, 5.74) is -0.306. The molecule has 112 valence electrons. The van der Waals surface area contributed by atoms with Crippen LogP contribution in [0, 0.1) is 0 Å². The van der Waals surface area contributed by atoms with Crippen LogP contribution in [0.1, 0.15) is 10.4 Å². The predicted molar refractivity (Wildman–Crippen MR) is 69.4 cm³/mol. The van der Waals surface area contributed by atoms with Gasteiger partial charge < -0.3 is 10.1 Å². The second-order valence-corrected chi connectivity index (χ2v) is 6.49. The molecule has 1 amide bonds. The van der Waals surface area contributed by atoms with Crippen molar-refractivity contribution in [3.63, 3.8) is 0 Å². The Labute approximate surface area is 123 Å². The van der Waals surface area contributed by atoms with Crippen molar-refractivity contribution in [3.8, 4) is 5.75 Å². The summed E-state index contributed by atoms with van der Waals surface area (Å²) in [6, 6.07) is 2.08. The molecule has 5 nitrogen and oxygen atoms in total. The number of alkyl halides is 2. The second-order valence-electron chi connectivity index (χ2n) is 3.52. The summed E-state index contributed by atoms with van der Waals surface area (Å²) >= 11 is 5.68. The number of carbonyl (C=O) groups excluding carboxylic acids is 1. The molecule has 0 bridgehead atoms. The molecule has 10 heteroatoms. The first-order valence-electron chi connectivity index (χ1n) is 5.05. The molecule has 1 rings (SSSR count). The lowest BCUT2D eigenvalue weighted by molar-refractivity contribution is 0.0888. The maximum absolute atomic E-state index is 12.1. The molecule has 0 aliphatic rings. The third kappa shape index (κ3) is 4.19. The summed E-state index contributed by atoms with van der Waals surface area (Å²) in [5.74, 6) is -1.32. The molecular formula is C10H9Cl2F2NO4S. The van der Waals surface area contributed by atoms with Crippen LogP contribution in [0.5, 0.6) is 5.75 Å². The van der Waals surface area contributed by atoms with E-state index in [2.05, 4.69) is 0 Å². The van der Waals surface area contributed by atoms with Gasteiger partial charge in [-0.2, -0.15) is 0 Å². The van der Waals surface area contributed by atoms with E-state index in [1.165, 1.54) is 0 Å². The molecule has 0 unspecified atom stereocenters. The van der Waals surface area contributed by atoms with Crippen molar-refractivity contribution in [1.29, 1.82) is 0 Å². The molecule has 0 spiro atoms. The molecule has 0 aliphatic heterocycles. The first-order chi connectivity index (χ1) is 9.16. The van der Waals surface area contributed by atoms with Crippen LogP contribution in [0.3, 0.4) is 0 Å². The summed E-state index contributed by atoms with van der Waals surface area (Å²) in [4.78, 5) is 11.2. The number of hydrogen-bond donors (Lipinski definition) is 1. The molecule has 1 aromatic rings. The fraction of sp³-hybridized carbons (Fsp3) is 0.300. The smallest absolute Gasteiger partial charge is 0.265 e. The molecule has 0 heterocycles. The van der Waals surface area contributed by atoms with E-state index in [1.54, 1.807) is 0 Å². The molecule has 0 aromatic heterocycles. The van der Waals surface area contributed by atoms with Gasteiger partial charge in [-0.05, 0) is 12.1 Å². The van der Waals surface area contributed by atoms with Crippen molar-refractivity contribution < 1.29 is 26.7 Å². The minimum Gasteiger partial charge on any atom is -0.494 e. The van der Waals surface area contributed by atoms with Crippen LogP contribution in [0.25, 0.3) is 0 Å². The summed E-state index contributed by atoms with van der Waals surface area (Å²) < 4.78 is 51.7. The largest absolute Gasteiger partial charge is 0.494 e. The Kier molecular flexibility index (Phi) is 5.55. The number of halogens is 4. The Morgan fingerprint density at radius 1 is 1.45 bits per heavy atom. The van der Waals surface area contributed by atoms with Crippen LogP contribution >= 0.6 is 22.3 Å². The predicted octanol–water partition coefficient (Wildman–Crippen LogP) is 2.27. The zero-order chi connectivity index (χ0) is 15.5. The van der Waals surface area contributed by atoms with E-state index in [1.807, 2.05) is 5.32 Å². The standard InChI is InChI=1S/C10H9Cl2F2NO4S/c1-19-9-6(10(16)15-4-8(13)14)2-5(11)3-7(9)20(12,17)18/h2-3,8H,4H2,1H3,(H,15,16). The van der Waals surface area contributed by atoms with E-state index in [4.69, 9.17) is 27.0 Å². The van der Waals surface area contributed by atoms with Crippen molar-refractivity contribution >= 4 is 37.2 Å². The molecule has 0 saturated heterocycles. The Balaban J connectivity index is 3.33. The van der Waals surface area contributed by atoms with Crippen LogP contribution in [0.15, 0.2) is 17.0 Å². The Hall–Kier alpha value is -1.12. The molecule has 1 aromatic carbocycles. The third-order valence-corrected chi connectivity index (χ3v) is 3.69. The van der Waals surface area contributed by atoms with Crippen molar-refractivity contribution in [1.82, 2.24) is 5.32 Å². The average Bonchev–Trinajstić information content (AvgIpc) is 2.33. The van der Waals surface area contributed by atoms with Gasteiger partial charge in [0, 0.05) is 15.7 Å². The Morgan fingerprint density at radius 2 is 2.05 bits per heavy atom. The van der Waals surface area contributed by atoms with E-state index in [0.29, 0.717) is 0 Å². The van der Waals surface area contributed by atoms with Crippen LogP contribution in [-0.4, -0.2) is 34.4 Å². The highest BCUT2D eigenvalue weighted by Gasteiger charge is 2.24. The average molecular weight is 348 g/mol. The number of ether oxygens (including phenoxy) is 1. The number of amides is 1. The second kappa shape index (κ2) is 6.55. The topological polar surface area (TPSA) is 72.5 Å². The van der Waals surface area contributed by atoms with Gasteiger partial charge in [-0.3, -0.25) is 4.79 Å². The molecule has 0 saturated carbocycles. The summed E-state index contributed by atoms with van der Waals surface area (Å²) in [7, 11) is 2.09. The quantitative estimate of drug-likeness (QED) is 0.829. The van der Waals surface area contributed by atoms with E-state index >= 15 is 0 Å². The van der Waals surface area contributed by atoms with E-state index < -0.39 is 32.8 Å². The van der Waals surface area contributed by atoms with E-state index in [-0.39, 0.29) is 16.3 Å². The lowest BCUT2D eigenvalue weighted by Crippen LogP contribution is -2.29. The van der Waals surface area contributed by atoms with Crippen LogP contribution in [0.2, 0.25) is 5.02 Å². The highest BCUT2D eigenvalue weighted by molar-refractivity contribution is 8.13. The number of methoxy groups -OCH3 is 1. The maximum atomic E-state index is 12.1. The highest BCUT2D eigenvalue weighted by atomic mass is 35.7. The number of nitrogens with one attached hydrogen (secondary N) is 1. The van der Waals surface area contributed by atoms with E-state index in [0.717, 1.165) is 19.2 Å². The summed E-state index contributed by atoms with van der Waals surface area (Å²) in [6.45, 7) is -0.891. The van der Waals surface area contributed by atoms with Gasteiger partial charge in [0.25, 0.3) is 21.4 Å². The monoisotopic (exact) mass is 347 g/mol. The molecular weight excluding hydrogens is 339 g/mol.